The van der Waals surface area contributed by atoms with Crippen LogP contribution in [-0.4, -0.2) is 49.0 Å². The Labute approximate surface area is 210 Å². The molecule has 2 heterocycles. The number of para-hydroxylation sites is 1. The zero-order valence-electron chi connectivity index (χ0n) is 20.3. The van der Waals surface area contributed by atoms with Crippen molar-refractivity contribution in [2.24, 2.45) is 0 Å². The van der Waals surface area contributed by atoms with Crippen LogP contribution < -0.4 is 19.5 Å². The third kappa shape index (κ3) is 3.79. The van der Waals surface area contributed by atoms with Gasteiger partial charge in [-0.3, -0.25) is 9.69 Å². The molecule has 36 heavy (non-hydrogen) atoms. The minimum absolute atomic E-state index is 0.247. The number of amides is 1. The number of nitrogens with zero attached hydrogens (tertiary/aromatic N) is 1. The van der Waals surface area contributed by atoms with Crippen molar-refractivity contribution in [1.82, 2.24) is 10.2 Å². The van der Waals surface area contributed by atoms with Gasteiger partial charge in [0.15, 0.2) is 11.5 Å². The number of nitrogens with one attached hydrogen (secondary N) is 1. The van der Waals surface area contributed by atoms with E-state index in [1.54, 1.807) is 19.2 Å². The Balaban J connectivity index is 1.20. The van der Waals surface area contributed by atoms with Crippen molar-refractivity contribution in [3.05, 3.63) is 89.0 Å². The minimum Gasteiger partial charge on any atom is -0.496 e. The molecule has 0 aromatic heterocycles. The second kappa shape index (κ2) is 9.15. The van der Waals surface area contributed by atoms with Crippen LogP contribution in [0, 0.1) is 0 Å². The lowest BCUT2D eigenvalue weighted by Crippen LogP contribution is -2.49. The third-order valence-electron chi connectivity index (χ3n) is 7.94. The maximum Gasteiger partial charge on any atom is 0.255 e. The highest BCUT2D eigenvalue weighted by Gasteiger charge is 2.53. The smallest absolute Gasteiger partial charge is 0.255 e. The number of aliphatic hydroxyl groups is 1. The zero-order chi connectivity index (χ0) is 24.7. The zero-order valence-corrected chi connectivity index (χ0v) is 20.3. The van der Waals surface area contributed by atoms with Crippen LogP contribution in [0.5, 0.6) is 17.2 Å². The number of methoxy groups -OCH3 is 1. The molecule has 6 rings (SSSR count). The van der Waals surface area contributed by atoms with E-state index < -0.39 is 12.1 Å². The first-order valence-corrected chi connectivity index (χ1v) is 12.4. The average molecular weight is 487 g/mol. The lowest BCUT2D eigenvalue weighted by molar-refractivity contribution is 0.0192. The molecule has 1 saturated heterocycles. The molecule has 0 bridgehead atoms. The summed E-state index contributed by atoms with van der Waals surface area (Å²) < 4.78 is 16.3. The number of hydrogen-bond acceptors (Lipinski definition) is 6. The van der Waals surface area contributed by atoms with Gasteiger partial charge in [0.05, 0.1) is 24.8 Å². The molecular weight excluding hydrogens is 456 g/mol. The topological polar surface area (TPSA) is 80.3 Å². The summed E-state index contributed by atoms with van der Waals surface area (Å²) in [6, 6.07) is 20.9. The van der Waals surface area contributed by atoms with Crippen LogP contribution >= 0.6 is 0 Å². The highest BCUT2D eigenvalue weighted by atomic mass is 16.7. The van der Waals surface area contributed by atoms with Crippen molar-refractivity contribution in [2.75, 3.05) is 27.0 Å². The molecule has 3 aliphatic rings. The Morgan fingerprint density at radius 2 is 1.81 bits per heavy atom. The lowest BCUT2D eigenvalue weighted by atomic mass is 9.72. The number of fused-ring (bicyclic) bond motifs is 3. The van der Waals surface area contributed by atoms with Gasteiger partial charge >= 0.3 is 0 Å². The normalized spacial score (nSPS) is 21.8. The molecule has 2 aliphatic heterocycles. The van der Waals surface area contributed by atoms with Gasteiger partial charge in [0.1, 0.15) is 5.75 Å². The summed E-state index contributed by atoms with van der Waals surface area (Å²) in [6.07, 6.45) is 0.925. The summed E-state index contributed by atoms with van der Waals surface area (Å²) in [5, 5.41) is 14.8. The fourth-order valence-electron chi connectivity index (χ4n) is 6.05. The van der Waals surface area contributed by atoms with E-state index in [1.165, 1.54) is 5.56 Å². The van der Waals surface area contributed by atoms with E-state index in [9.17, 15) is 9.90 Å². The standard InChI is InChI=1S/C29H30N2O5/c1-34-23-9-5-3-7-21(23)28(33)30-26-20-6-2-4-8-22(20)29(27(26)32)12-14-31(15-13-29)17-19-10-11-24-25(16-19)36-18-35-24/h2-11,16,26-27,32H,12-15,17-18H2,1H3,(H,30,33)/t26-,27+/m1/s1. The first-order valence-electron chi connectivity index (χ1n) is 12.4. The SMILES string of the molecule is COc1ccccc1C(=O)N[C@@H]1c2ccccc2C2(CCN(Cc3ccc4c(c3)OCO4)CC2)[C@H]1O. The first kappa shape index (κ1) is 22.9. The summed E-state index contributed by atoms with van der Waals surface area (Å²) in [6.45, 7) is 2.80. The highest BCUT2D eigenvalue weighted by molar-refractivity contribution is 5.97. The molecule has 7 heteroatoms. The van der Waals surface area contributed by atoms with Crippen LogP contribution in [0.2, 0.25) is 0 Å². The van der Waals surface area contributed by atoms with Gasteiger partial charge in [0, 0.05) is 12.0 Å². The number of carbonyl (C=O) groups excluding carboxylic acids is 1. The van der Waals surface area contributed by atoms with E-state index in [-0.39, 0.29) is 18.1 Å². The maximum atomic E-state index is 13.2. The molecule has 2 atom stereocenters. The van der Waals surface area contributed by atoms with Crippen molar-refractivity contribution in [3.8, 4) is 17.2 Å². The fraction of sp³-hybridized carbons (Fsp3) is 0.345. The molecule has 2 N–H and O–H groups in total. The van der Waals surface area contributed by atoms with Crippen LogP contribution in [0.4, 0.5) is 0 Å². The molecule has 3 aromatic carbocycles. The molecule has 0 radical (unpaired) electrons. The number of aliphatic hydroxyl groups excluding tert-OH is 1. The summed E-state index contributed by atoms with van der Waals surface area (Å²) in [7, 11) is 1.55. The molecule has 0 saturated carbocycles. The number of benzene rings is 3. The number of ether oxygens (including phenoxy) is 3. The van der Waals surface area contributed by atoms with Crippen molar-refractivity contribution >= 4 is 5.91 Å². The molecule has 3 aromatic rings. The Morgan fingerprint density at radius 3 is 2.64 bits per heavy atom. The van der Waals surface area contributed by atoms with Crippen LogP contribution in [0.15, 0.2) is 66.7 Å². The second-order valence-electron chi connectivity index (χ2n) is 9.80. The summed E-state index contributed by atoms with van der Waals surface area (Å²) in [4.78, 5) is 15.6. The maximum absolute atomic E-state index is 13.2. The van der Waals surface area contributed by atoms with Gasteiger partial charge in [-0.1, -0.05) is 42.5 Å². The monoisotopic (exact) mass is 486 g/mol. The Kier molecular flexibility index (Phi) is 5.82. The Bertz CT molecular complexity index is 1280. The number of rotatable bonds is 5. The molecular formula is C29H30N2O5. The first-order chi connectivity index (χ1) is 17.6. The summed E-state index contributed by atoms with van der Waals surface area (Å²) >= 11 is 0. The Hall–Kier alpha value is -3.55. The van der Waals surface area contributed by atoms with Gasteiger partial charge in [-0.05, 0) is 66.9 Å². The van der Waals surface area contributed by atoms with E-state index in [0.717, 1.165) is 55.1 Å². The molecule has 1 amide bonds. The van der Waals surface area contributed by atoms with E-state index in [1.807, 2.05) is 36.4 Å². The van der Waals surface area contributed by atoms with Crippen molar-refractivity contribution in [1.29, 1.82) is 0 Å². The van der Waals surface area contributed by atoms with Crippen molar-refractivity contribution < 1.29 is 24.1 Å². The minimum atomic E-state index is -0.707. The van der Waals surface area contributed by atoms with Crippen LogP contribution in [-0.2, 0) is 12.0 Å². The van der Waals surface area contributed by atoms with E-state index >= 15 is 0 Å². The van der Waals surface area contributed by atoms with Crippen molar-refractivity contribution in [2.45, 2.75) is 36.9 Å². The number of hydrogen-bond donors (Lipinski definition) is 2. The van der Waals surface area contributed by atoms with Gasteiger partial charge in [0.2, 0.25) is 6.79 Å². The van der Waals surface area contributed by atoms with Gasteiger partial charge in [0.25, 0.3) is 5.91 Å². The average Bonchev–Trinajstić information content (AvgIpc) is 3.47. The van der Waals surface area contributed by atoms with Crippen LogP contribution in [0.3, 0.4) is 0 Å². The van der Waals surface area contributed by atoms with Gasteiger partial charge in [-0.15, -0.1) is 0 Å². The highest BCUT2D eigenvalue weighted by Crippen LogP contribution is 2.51. The number of likely N-dealkylation sites (tertiary alicyclic amines) is 1. The predicted octanol–water partition coefficient (Wildman–Crippen LogP) is 3.80. The van der Waals surface area contributed by atoms with Gasteiger partial charge < -0.3 is 24.6 Å². The number of carbonyl (C=O) groups is 1. The molecule has 1 aliphatic carbocycles. The van der Waals surface area contributed by atoms with Gasteiger partial charge in [-0.2, -0.15) is 0 Å². The molecule has 0 unspecified atom stereocenters. The third-order valence-corrected chi connectivity index (χ3v) is 7.94. The predicted molar refractivity (Wildman–Crippen MR) is 134 cm³/mol. The van der Waals surface area contributed by atoms with E-state index in [0.29, 0.717) is 11.3 Å². The van der Waals surface area contributed by atoms with Gasteiger partial charge in [-0.25, -0.2) is 0 Å². The largest absolute Gasteiger partial charge is 0.496 e. The van der Waals surface area contributed by atoms with E-state index in [4.69, 9.17) is 14.2 Å². The van der Waals surface area contributed by atoms with Crippen molar-refractivity contribution in [3.63, 3.8) is 0 Å². The molecule has 1 spiro atoms. The lowest BCUT2D eigenvalue weighted by Gasteiger charge is -2.43. The molecule has 186 valence electrons. The molecule has 1 fully saturated rings. The Morgan fingerprint density at radius 1 is 1.06 bits per heavy atom. The summed E-state index contributed by atoms with van der Waals surface area (Å²) in [5.41, 5.74) is 3.40. The van der Waals surface area contributed by atoms with Crippen LogP contribution in [0.1, 0.15) is 45.9 Å². The second-order valence-corrected chi connectivity index (χ2v) is 9.80. The quantitative estimate of drug-likeness (QED) is 0.571. The number of piperidine rings is 1. The van der Waals surface area contributed by atoms with E-state index in [2.05, 4.69) is 28.4 Å². The van der Waals surface area contributed by atoms with Crippen LogP contribution in [0.25, 0.3) is 0 Å². The summed E-state index contributed by atoms with van der Waals surface area (Å²) in [5.74, 6) is 1.86. The fourth-order valence-corrected chi connectivity index (χ4v) is 6.05. The molecule has 7 nitrogen and oxygen atoms in total.